The Bertz CT molecular complexity index is 614. The van der Waals surface area contributed by atoms with Gasteiger partial charge in [0, 0.05) is 18.3 Å². The summed E-state index contributed by atoms with van der Waals surface area (Å²) in [5, 5.41) is 13.8. The van der Waals surface area contributed by atoms with Crippen molar-refractivity contribution in [2.24, 2.45) is 7.05 Å². The number of aromatic nitrogens is 5. The van der Waals surface area contributed by atoms with E-state index in [0.717, 1.165) is 24.8 Å². The lowest BCUT2D eigenvalue weighted by Gasteiger charge is -2.23. The Hall–Kier alpha value is -2.18. The van der Waals surface area contributed by atoms with Crippen molar-refractivity contribution in [3.63, 3.8) is 0 Å². The third-order valence-electron chi connectivity index (χ3n) is 3.48. The van der Waals surface area contributed by atoms with E-state index in [4.69, 9.17) is 0 Å². The third-order valence-corrected chi connectivity index (χ3v) is 3.48. The summed E-state index contributed by atoms with van der Waals surface area (Å²) in [6.45, 7) is 1.77. The summed E-state index contributed by atoms with van der Waals surface area (Å²) in [4.78, 5) is 16.1. The van der Waals surface area contributed by atoms with Gasteiger partial charge in [-0.15, -0.1) is 5.10 Å². The van der Waals surface area contributed by atoms with E-state index in [9.17, 15) is 4.79 Å². The molecule has 0 fully saturated rings. The molecule has 2 aromatic rings. The lowest BCUT2D eigenvalue weighted by atomic mass is 9.93. The zero-order chi connectivity index (χ0) is 13.4. The van der Waals surface area contributed by atoms with Crippen molar-refractivity contribution < 1.29 is 4.79 Å². The van der Waals surface area contributed by atoms with E-state index in [1.165, 1.54) is 5.69 Å². The second-order valence-electron chi connectivity index (χ2n) is 4.83. The lowest BCUT2D eigenvalue weighted by Crippen LogP contribution is -2.31. The van der Waals surface area contributed by atoms with Crippen LogP contribution in [0.4, 0.5) is 0 Å². The van der Waals surface area contributed by atoms with Crippen molar-refractivity contribution in [3.05, 3.63) is 29.1 Å². The third kappa shape index (κ3) is 2.11. The Balaban J connectivity index is 1.79. The van der Waals surface area contributed by atoms with Crippen molar-refractivity contribution in [1.29, 1.82) is 0 Å². The monoisotopic (exact) mass is 260 g/mol. The number of rotatable bonds is 2. The Kier molecular flexibility index (Phi) is 2.81. The molecule has 100 valence electrons. The fourth-order valence-corrected chi connectivity index (χ4v) is 2.52. The van der Waals surface area contributed by atoms with Gasteiger partial charge in [0.05, 0.1) is 12.2 Å². The second-order valence-corrected chi connectivity index (χ2v) is 4.83. The minimum atomic E-state index is -0.244. The molecular weight excluding hydrogens is 244 g/mol. The number of carbonyl (C=O) groups is 1. The minimum Gasteiger partial charge on any atom is -0.342 e. The molecule has 7 heteroatoms. The van der Waals surface area contributed by atoms with E-state index in [1.54, 1.807) is 6.92 Å². The number of hydrogen-bond donors (Lipinski definition) is 2. The topological polar surface area (TPSA) is 88.5 Å². The van der Waals surface area contributed by atoms with Gasteiger partial charge >= 0.3 is 0 Å². The van der Waals surface area contributed by atoms with Crippen molar-refractivity contribution in [2.75, 3.05) is 0 Å². The van der Waals surface area contributed by atoms with Crippen LogP contribution in [-0.4, -0.2) is 30.9 Å². The van der Waals surface area contributed by atoms with Crippen LogP contribution in [0, 0.1) is 6.92 Å². The van der Waals surface area contributed by atoms with Gasteiger partial charge in [0.15, 0.2) is 0 Å². The van der Waals surface area contributed by atoms with Gasteiger partial charge in [-0.25, -0.2) is 4.98 Å². The number of nitrogens with one attached hydrogen (secondary N) is 2. The average Bonchev–Trinajstić information content (AvgIpc) is 2.98. The molecule has 1 aliphatic rings. The molecule has 0 saturated heterocycles. The van der Waals surface area contributed by atoms with Crippen LogP contribution in [0.5, 0.6) is 0 Å². The zero-order valence-electron chi connectivity index (χ0n) is 11.0. The normalized spacial score (nSPS) is 18.1. The molecule has 0 bridgehead atoms. The van der Waals surface area contributed by atoms with E-state index < -0.39 is 0 Å². The van der Waals surface area contributed by atoms with E-state index in [0.29, 0.717) is 5.82 Å². The highest BCUT2D eigenvalue weighted by Gasteiger charge is 2.26. The van der Waals surface area contributed by atoms with E-state index >= 15 is 0 Å². The molecule has 1 atom stereocenters. The summed E-state index contributed by atoms with van der Waals surface area (Å²) >= 11 is 0. The molecule has 0 spiro atoms. The maximum Gasteiger partial charge on any atom is 0.291 e. The van der Waals surface area contributed by atoms with E-state index in [-0.39, 0.29) is 17.8 Å². The summed E-state index contributed by atoms with van der Waals surface area (Å²) in [5.74, 6) is 0.579. The molecule has 0 aliphatic heterocycles. The van der Waals surface area contributed by atoms with Crippen LogP contribution in [-0.2, 0) is 13.5 Å². The van der Waals surface area contributed by atoms with Crippen LogP contribution in [0.25, 0.3) is 0 Å². The zero-order valence-corrected chi connectivity index (χ0v) is 11.0. The van der Waals surface area contributed by atoms with Crippen molar-refractivity contribution in [1.82, 2.24) is 30.3 Å². The first-order valence-corrected chi connectivity index (χ1v) is 6.36. The van der Waals surface area contributed by atoms with Crippen molar-refractivity contribution >= 4 is 5.91 Å². The van der Waals surface area contributed by atoms with Crippen LogP contribution >= 0.6 is 0 Å². The number of carbonyl (C=O) groups excluding carboxylic acids is 1. The number of nitrogens with zero attached hydrogens (tertiary/aromatic N) is 4. The molecule has 0 saturated carbocycles. The highest BCUT2D eigenvalue weighted by molar-refractivity contribution is 5.90. The van der Waals surface area contributed by atoms with Crippen LogP contribution in [0.2, 0.25) is 0 Å². The van der Waals surface area contributed by atoms with Crippen LogP contribution in [0.1, 0.15) is 46.6 Å². The quantitative estimate of drug-likeness (QED) is 0.830. The first-order valence-electron chi connectivity index (χ1n) is 6.36. The summed E-state index contributed by atoms with van der Waals surface area (Å²) in [6.07, 6.45) is 4.82. The molecular formula is C12H16N6O. The standard InChI is InChI=1S/C12H16N6O/c1-7-14-11(17-16-7)12(19)15-9-4-3-5-10-8(9)6-13-18(10)2/h6,9H,3-5H2,1-2H3,(H,15,19)(H,14,16,17). The summed E-state index contributed by atoms with van der Waals surface area (Å²) < 4.78 is 1.88. The van der Waals surface area contributed by atoms with E-state index in [1.807, 2.05) is 17.9 Å². The number of aromatic amines is 1. The fraction of sp³-hybridized carbons (Fsp3) is 0.500. The lowest BCUT2D eigenvalue weighted by molar-refractivity contribution is 0.0922. The number of hydrogen-bond acceptors (Lipinski definition) is 4. The maximum absolute atomic E-state index is 12.1. The van der Waals surface area contributed by atoms with Crippen LogP contribution < -0.4 is 5.32 Å². The molecule has 1 aliphatic carbocycles. The average molecular weight is 260 g/mol. The van der Waals surface area contributed by atoms with Crippen LogP contribution in [0.15, 0.2) is 6.20 Å². The first kappa shape index (κ1) is 11.9. The van der Waals surface area contributed by atoms with Gasteiger partial charge in [-0.3, -0.25) is 14.6 Å². The number of amides is 1. The highest BCUT2D eigenvalue weighted by atomic mass is 16.2. The predicted octanol–water partition coefficient (Wildman–Crippen LogP) is 0.654. The summed E-state index contributed by atoms with van der Waals surface area (Å²) in [7, 11) is 1.93. The van der Waals surface area contributed by atoms with Crippen molar-refractivity contribution in [3.8, 4) is 0 Å². The summed E-state index contributed by atoms with van der Waals surface area (Å²) in [5.41, 5.74) is 2.30. The predicted molar refractivity (Wildman–Crippen MR) is 67.5 cm³/mol. The SMILES string of the molecule is Cc1nc(C(=O)NC2CCCc3c2cnn3C)n[nH]1. The molecule has 3 rings (SSSR count). The van der Waals surface area contributed by atoms with Gasteiger partial charge in [0.2, 0.25) is 5.82 Å². The molecule has 19 heavy (non-hydrogen) atoms. The number of fused-ring (bicyclic) bond motifs is 1. The Morgan fingerprint density at radius 1 is 1.58 bits per heavy atom. The molecule has 2 N–H and O–H groups in total. The highest BCUT2D eigenvalue weighted by Crippen LogP contribution is 2.29. The van der Waals surface area contributed by atoms with Gasteiger partial charge in [-0.2, -0.15) is 5.10 Å². The summed E-state index contributed by atoms with van der Waals surface area (Å²) in [6, 6.07) is 0.00348. The molecule has 0 aromatic carbocycles. The van der Waals surface area contributed by atoms with Crippen LogP contribution in [0.3, 0.4) is 0 Å². The fourth-order valence-electron chi connectivity index (χ4n) is 2.52. The molecule has 1 unspecified atom stereocenters. The maximum atomic E-state index is 12.1. The van der Waals surface area contributed by atoms with Gasteiger partial charge in [0.1, 0.15) is 5.82 Å². The molecule has 2 aromatic heterocycles. The van der Waals surface area contributed by atoms with Gasteiger partial charge in [0.25, 0.3) is 5.91 Å². The first-order chi connectivity index (χ1) is 9.15. The Morgan fingerprint density at radius 3 is 3.16 bits per heavy atom. The number of H-pyrrole nitrogens is 1. The smallest absolute Gasteiger partial charge is 0.291 e. The second kappa shape index (κ2) is 4.49. The number of aryl methyl sites for hydroxylation is 2. The van der Waals surface area contributed by atoms with Gasteiger partial charge in [-0.05, 0) is 26.2 Å². The molecule has 2 heterocycles. The Labute approximate surface area is 110 Å². The molecule has 1 amide bonds. The molecule has 7 nitrogen and oxygen atoms in total. The largest absolute Gasteiger partial charge is 0.342 e. The minimum absolute atomic E-state index is 0.00348. The van der Waals surface area contributed by atoms with Gasteiger partial charge in [-0.1, -0.05) is 0 Å². The van der Waals surface area contributed by atoms with Crippen molar-refractivity contribution in [2.45, 2.75) is 32.2 Å². The Morgan fingerprint density at radius 2 is 2.42 bits per heavy atom. The van der Waals surface area contributed by atoms with Gasteiger partial charge < -0.3 is 5.32 Å². The molecule has 0 radical (unpaired) electrons. The van der Waals surface area contributed by atoms with E-state index in [2.05, 4.69) is 25.6 Å².